The normalized spacial score (nSPS) is 11.5. The molecule has 0 heterocycles. The topological polar surface area (TPSA) is 18.5 Å². The summed E-state index contributed by atoms with van der Waals surface area (Å²) in [6.07, 6.45) is 6.64. The van der Waals surface area contributed by atoms with Crippen molar-refractivity contribution in [2.75, 3.05) is 34.2 Å². The lowest BCUT2D eigenvalue weighted by Crippen LogP contribution is -2.24. The Bertz CT molecular complexity index is 134. The Morgan fingerprint density at radius 1 is 1.31 bits per heavy atom. The second kappa shape index (κ2) is 8.08. The van der Waals surface area contributed by atoms with Crippen LogP contribution in [0.15, 0.2) is 12.3 Å². The van der Waals surface area contributed by atoms with Crippen molar-refractivity contribution in [1.29, 1.82) is 0 Å². The zero-order valence-corrected chi connectivity index (χ0v) is 9.38. The lowest BCUT2D eigenvalue weighted by Gasteiger charge is -2.13. The van der Waals surface area contributed by atoms with Gasteiger partial charge in [-0.2, -0.15) is 0 Å². The van der Waals surface area contributed by atoms with Crippen LogP contribution in [0, 0.1) is 0 Å². The molecule has 0 atom stereocenters. The van der Waals surface area contributed by atoms with Crippen molar-refractivity contribution in [2.24, 2.45) is 0 Å². The van der Waals surface area contributed by atoms with Gasteiger partial charge in [-0.3, -0.25) is 0 Å². The highest BCUT2D eigenvalue weighted by Crippen LogP contribution is 1.94. The van der Waals surface area contributed by atoms with Gasteiger partial charge in [0.15, 0.2) is 0 Å². The highest BCUT2D eigenvalue weighted by Gasteiger charge is 1.91. The molecule has 0 fully saturated rings. The molecular weight excluding hydrogens is 162 g/mol. The van der Waals surface area contributed by atoms with Crippen LogP contribution in [0.2, 0.25) is 0 Å². The van der Waals surface area contributed by atoms with Gasteiger partial charge in [-0.25, -0.2) is 5.43 Å². The van der Waals surface area contributed by atoms with Crippen LogP contribution in [-0.4, -0.2) is 44.1 Å². The number of unbranched alkanes of at least 4 members (excludes halogenated alkanes) is 1. The maximum atomic E-state index is 3.01. The van der Waals surface area contributed by atoms with Crippen LogP contribution in [0.25, 0.3) is 0 Å². The SMILES string of the molecule is CCN(C)CCC/C=C\N(C)NC. The fourth-order valence-corrected chi connectivity index (χ4v) is 0.944. The monoisotopic (exact) mass is 185 g/mol. The van der Waals surface area contributed by atoms with Gasteiger partial charge < -0.3 is 9.91 Å². The van der Waals surface area contributed by atoms with Gasteiger partial charge >= 0.3 is 0 Å². The molecule has 0 aromatic heterocycles. The summed E-state index contributed by atoms with van der Waals surface area (Å²) in [6.45, 7) is 4.51. The van der Waals surface area contributed by atoms with Crippen molar-refractivity contribution >= 4 is 0 Å². The summed E-state index contributed by atoms with van der Waals surface area (Å²) in [6, 6.07) is 0. The van der Waals surface area contributed by atoms with Gasteiger partial charge in [0.05, 0.1) is 0 Å². The average Bonchev–Trinajstić information content (AvgIpc) is 2.16. The molecule has 0 aliphatic carbocycles. The Kier molecular flexibility index (Phi) is 7.74. The lowest BCUT2D eigenvalue weighted by atomic mass is 10.3. The Morgan fingerprint density at radius 2 is 2.00 bits per heavy atom. The minimum atomic E-state index is 1.14. The number of hydrogen-bond donors (Lipinski definition) is 1. The molecule has 0 saturated heterocycles. The molecule has 13 heavy (non-hydrogen) atoms. The third kappa shape index (κ3) is 7.81. The summed E-state index contributed by atoms with van der Waals surface area (Å²) < 4.78 is 0. The maximum absolute atomic E-state index is 3.01. The number of rotatable bonds is 7. The van der Waals surface area contributed by atoms with Gasteiger partial charge in [0.1, 0.15) is 0 Å². The third-order valence-corrected chi connectivity index (χ3v) is 2.13. The third-order valence-electron chi connectivity index (χ3n) is 2.13. The first kappa shape index (κ1) is 12.5. The largest absolute Gasteiger partial charge is 0.319 e. The minimum absolute atomic E-state index is 1.14. The van der Waals surface area contributed by atoms with E-state index in [4.69, 9.17) is 0 Å². The summed E-state index contributed by atoms with van der Waals surface area (Å²) in [7, 11) is 6.06. The van der Waals surface area contributed by atoms with Gasteiger partial charge in [-0.05, 0) is 33.0 Å². The minimum Gasteiger partial charge on any atom is -0.319 e. The van der Waals surface area contributed by atoms with Crippen molar-refractivity contribution in [2.45, 2.75) is 19.8 Å². The van der Waals surface area contributed by atoms with Crippen LogP contribution in [0.3, 0.4) is 0 Å². The lowest BCUT2D eigenvalue weighted by molar-refractivity contribution is 0.346. The molecule has 0 amide bonds. The van der Waals surface area contributed by atoms with Crippen molar-refractivity contribution in [3.63, 3.8) is 0 Å². The maximum Gasteiger partial charge on any atom is 0.0225 e. The standard InChI is InChI=1S/C10H23N3/c1-5-12(3)9-7-6-8-10-13(4)11-2/h8,10-11H,5-7,9H2,1-4H3/b10-8-. The summed E-state index contributed by atoms with van der Waals surface area (Å²) in [5.41, 5.74) is 3.01. The van der Waals surface area contributed by atoms with E-state index in [0.717, 1.165) is 13.0 Å². The summed E-state index contributed by atoms with van der Waals surface area (Å²) in [4.78, 5) is 2.33. The van der Waals surface area contributed by atoms with Crippen LogP contribution < -0.4 is 5.43 Å². The molecule has 0 aliphatic heterocycles. The van der Waals surface area contributed by atoms with E-state index in [-0.39, 0.29) is 0 Å². The smallest absolute Gasteiger partial charge is 0.0225 e. The van der Waals surface area contributed by atoms with E-state index in [1.165, 1.54) is 13.0 Å². The van der Waals surface area contributed by atoms with E-state index in [2.05, 4.69) is 36.6 Å². The van der Waals surface area contributed by atoms with Crippen LogP contribution in [0.4, 0.5) is 0 Å². The van der Waals surface area contributed by atoms with Crippen LogP contribution >= 0.6 is 0 Å². The predicted molar refractivity (Wildman–Crippen MR) is 58.4 cm³/mol. The number of allylic oxidation sites excluding steroid dienone is 1. The van der Waals surface area contributed by atoms with Gasteiger partial charge in [-0.15, -0.1) is 0 Å². The average molecular weight is 185 g/mol. The molecule has 0 aromatic carbocycles. The molecule has 3 heteroatoms. The molecule has 3 nitrogen and oxygen atoms in total. The predicted octanol–water partition coefficient (Wildman–Crippen LogP) is 1.30. The molecule has 0 aliphatic rings. The first-order valence-electron chi connectivity index (χ1n) is 4.96. The Labute approximate surface area is 82.4 Å². The number of hydrogen-bond acceptors (Lipinski definition) is 3. The fraction of sp³-hybridized carbons (Fsp3) is 0.800. The molecular formula is C10H23N3. The molecule has 0 aromatic rings. The molecule has 0 spiro atoms. The quantitative estimate of drug-likeness (QED) is 0.476. The molecule has 0 rings (SSSR count). The fourth-order valence-electron chi connectivity index (χ4n) is 0.944. The Hall–Kier alpha value is -0.540. The summed E-state index contributed by atoms with van der Waals surface area (Å²) in [5, 5.41) is 1.95. The van der Waals surface area contributed by atoms with E-state index < -0.39 is 0 Å². The highest BCUT2D eigenvalue weighted by atomic mass is 15.5. The van der Waals surface area contributed by atoms with Gasteiger partial charge in [-0.1, -0.05) is 13.0 Å². The van der Waals surface area contributed by atoms with Crippen molar-refractivity contribution in [3.8, 4) is 0 Å². The Balaban J connectivity index is 3.29. The van der Waals surface area contributed by atoms with Crippen molar-refractivity contribution in [3.05, 3.63) is 12.3 Å². The van der Waals surface area contributed by atoms with Crippen LogP contribution in [-0.2, 0) is 0 Å². The summed E-state index contributed by atoms with van der Waals surface area (Å²) in [5.74, 6) is 0. The van der Waals surface area contributed by atoms with Crippen molar-refractivity contribution < 1.29 is 0 Å². The van der Waals surface area contributed by atoms with Gasteiger partial charge in [0, 0.05) is 20.3 Å². The van der Waals surface area contributed by atoms with Crippen LogP contribution in [0.5, 0.6) is 0 Å². The van der Waals surface area contributed by atoms with E-state index in [0.29, 0.717) is 0 Å². The summed E-state index contributed by atoms with van der Waals surface area (Å²) >= 11 is 0. The molecule has 0 bridgehead atoms. The molecule has 0 radical (unpaired) electrons. The van der Waals surface area contributed by atoms with Gasteiger partial charge in [0.25, 0.3) is 0 Å². The van der Waals surface area contributed by atoms with Crippen molar-refractivity contribution in [1.82, 2.24) is 15.3 Å². The van der Waals surface area contributed by atoms with E-state index >= 15 is 0 Å². The molecule has 0 unspecified atom stereocenters. The number of nitrogens with zero attached hydrogens (tertiary/aromatic N) is 2. The Morgan fingerprint density at radius 3 is 2.54 bits per heavy atom. The zero-order valence-electron chi connectivity index (χ0n) is 9.38. The highest BCUT2D eigenvalue weighted by molar-refractivity contribution is 4.78. The molecule has 0 saturated carbocycles. The van der Waals surface area contributed by atoms with Crippen LogP contribution in [0.1, 0.15) is 19.8 Å². The second-order valence-electron chi connectivity index (χ2n) is 3.26. The van der Waals surface area contributed by atoms with E-state index in [9.17, 15) is 0 Å². The molecule has 1 N–H and O–H groups in total. The number of hydrazine groups is 1. The second-order valence-corrected chi connectivity index (χ2v) is 3.26. The van der Waals surface area contributed by atoms with E-state index in [1.54, 1.807) is 0 Å². The number of nitrogens with one attached hydrogen (secondary N) is 1. The molecule has 78 valence electrons. The van der Waals surface area contributed by atoms with Gasteiger partial charge in [0.2, 0.25) is 0 Å². The first-order valence-corrected chi connectivity index (χ1v) is 4.96. The first-order chi connectivity index (χ1) is 6.20. The zero-order chi connectivity index (χ0) is 10.1. The van der Waals surface area contributed by atoms with E-state index in [1.807, 2.05) is 19.1 Å².